The molecule has 5 rings (SSSR count). The van der Waals surface area contributed by atoms with Crippen LogP contribution in [0.3, 0.4) is 0 Å². The quantitative estimate of drug-likeness (QED) is 0.184. The molecule has 3 aromatic carbocycles. The van der Waals surface area contributed by atoms with Gasteiger partial charge in [-0.05, 0) is 73.2 Å². The maximum Gasteiger partial charge on any atom is 0.312 e. The first-order valence-electron chi connectivity index (χ1n) is 14.1. The van der Waals surface area contributed by atoms with Gasteiger partial charge >= 0.3 is 5.97 Å². The Labute approximate surface area is 245 Å². The average Bonchev–Trinajstić information content (AvgIpc) is 3.03. The van der Waals surface area contributed by atoms with Gasteiger partial charge in [0.1, 0.15) is 5.75 Å². The molecule has 8 heteroatoms. The van der Waals surface area contributed by atoms with Crippen LogP contribution in [0.4, 0.5) is 5.69 Å². The van der Waals surface area contributed by atoms with Crippen LogP contribution in [0.25, 0.3) is 0 Å². The molecule has 2 atom stereocenters. The highest BCUT2D eigenvalue weighted by atomic mass is 16.6. The van der Waals surface area contributed by atoms with Crippen LogP contribution in [0, 0.1) is 16.0 Å². The molecule has 0 bridgehead atoms. The van der Waals surface area contributed by atoms with Crippen LogP contribution < -0.4 is 4.74 Å². The third kappa shape index (κ3) is 5.44. The Morgan fingerprint density at radius 2 is 1.81 bits per heavy atom. The van der Waals surface area contributed by atoms with Crippen LogP contribution in [0.2, 0.25) is 0 Å². The van der Waals surface area contributed by atoms with Crippen molar-refractivity contribution in [1.29, 1.82) is 0 Å². The fourth-order valence-electron chi connectivity index (χ4n) is 6.03. The molecule has 1 heterocycles. The largest absolute Gasteiger partial charge is 0.497 e. The van der Waals surface area contributed by atoms with E-state index in [4.69, 9.17) is 9.47 Å². The average molecular weight is 567 g/mol. The lowest BCUT2D eigenvalue weighted by Crippen LogP contribution is -2.38. The second kappa shape index (κ2) is 12.0. The van der Waals surface area contributed by atoms with Gasteiger partial charge in [-0.3, -0.25) is 19.7 Å². The van der Waals surface area contributed by atoms with Gasteiger partial charge in [0.15, 0.2) is 0 Å². The number of benzene rings is 3. The van der Waals surface area contributed by atoms with Gasteiger partial charge < -0.3 is 14.4 Å². The number of fused-ring (bicyclic) bond motifs is 1. The zero-order chi connectivity index (χ0) is 29.9. The standard InChI is InChI=1S/C34H34N2O6/c1-4-42-33(38)23(2)25-8-6-19-34(21-25,27-12-16-29(41-3)17-13-27)31-9-5-7-26-22-35(20-18-30(26)31)32(37)24-10-14-28(15-11-24)36(39)40/h5-17,19,23H,4,18,20-22H2,1-3H3. The molecule has 2 unspecified atom stereocenters. The molecule has 216 valence electrons. The zero-order valence-corrected chi connectivity index (χ0v) is 24.0. The van der Waals surface area contributed by atoms with E-state index in [9.17, 15) is 19.7 Å². The maximum atomic E-state index is 13.3. The number of hydrogen-bond donors (Lipinski definition) is 0. The van der Waals surface area contributed by atoms with Crippen LogP contribution in [0.15, 0.2) is 90.5 Å². The van der Waals surface area contributed by atoms with Gasteiger partial charge in [-0.1, -0.05) is 54.1 Å². The molecule has 0 fully saturated rings. The molecule has 0 saturated heterocycles. The second-order valence-corrected chi connectivity index (χ2v) is 10.7. The highest BCUT2D eigenvalue weighted by molar-refractivity contribution is 5.94. The summed E-state index contributed by atoms with van der Waals surface area (Å²) >= 11 is 0. The van der Waals surface area contributed by atoms with Crippen molar-refractivity contribution in [2.75, 3.05) is 20.3 Å². The van der Waals surface area contributed by atoms with Crippen molar-refractivity contribution in [3.05, 3.63) is 128 Å². The molecular formula is C34H34N2O6. The van der Waals surface area contributed by atoms with Gasteiger partial charge in [-0.25, -0.2) is 0 Å². The molecule has 0 saturated carbocycles. The summed E-state index contributed by atoms with van der Waals surface area (Å²) < 4.78 is 10.8. The van der Waals surface area contributed by atoms with Gasteiger partial charge in [-0.15, -0.1) is 0 Å². The molecule has 1 aliphatic carbocycles. The van der Waals surface area contributed by atoms with E-state index in [-0.39, 0.29) is 23.5 Å². The summed E-state index contributed by atoms with van der Waals surface area (Å²) in [5, 5.41) is 11.0. The minimum Gasteiger partial charge on any atom is -0.497 e. The SMILES string of the molecule is CCOC(=O)C(C)C1=CC=CC(c2ccc(OC)cc2)(c2cccc3c2CCN(C(=O)c2ccc([N+](=O)[O-])cc2)C3)C1. The van der Waals surface area contributed by atoms with Crippen molar-refractivity contribution in [1.82, 2.24) is 4.90 Å². The van der Waals surface area contributed by atoms with E-state index < -0.39 is 10.3 Å². The maximum absolute atomic E-state index is 13.3. The third-order valence-corrected chi connectivity index (χ3v) is 8.33. The fraction of sp³-hybridized carbons (Fsp3) is 0.294. The number of carbonyl (C=O) groups is 2. The Balaban J connectivity index is 1.51. The van der Waals surface area contributed by atoms with Crippen molar-refractivity contribution in [3.63, 3.8) is 0 Å². The zero-order valence-electron chi connectivity index (χ0n) is 24.0. The number of nitro benzene ring substituents is 1. The van der Waals surface area contributed by atoms with Crippen molar-refractivity contribution in [2.24, 2.45) is 5.92 Å². The summed E-state index contributed by atoms with van der Waals surface area (Å²) in [6.45, 7) is 4.99. The number of hydrogen-bond acceptors (Lipinski definition) is 6. The molecule has 0 spiro atoms. The van der Waals surface area contributed by atoms with E-state index in [1.807, 2.05) is 44.2 Å². The molecule has 0 N–H and O–H groups in total. The van der Waals surface area contributed by atoms with Crippen molar-refractivity contribution < 1.29 is 24.0 Å². The van der Waals surface area contributed by atoms with Crippen LogP contribution in [0.1, 0.15) is 52.9 Å². The lowest BCUT2D eigenvalue weighted by Gasteiger charge is -2.40. The van der Waals surface area contributed by atoms with Crippen molar-refractivity contribution >= 4 is 17.6 Å². The number of carbonyl (C=O) groups excluding carboxylic acids is 2. The minimum atomic E-state index is -0.535. The molecular weight excluding hydrogens is 532 g/mol. The number of allylic oxidation sites excluding steroid dienone is 3. The lowest BCUT2D eigenvalue weighted by atomic mass is 9.65. The molecule has 0 aromatic heterocycles. The molecule has 1 amide bonds. The Morgan fingerprint density at radius 3 is 2.48 bits per heavy atom. The molecule has 1 aliphatic heterocycles. The Bertz CT molecular complexity index is 1560. The Hall–Kier alpha value is -4.72. The lowest BCUT2D eigenvalue weighted by molar-refractivity contribution is -0.384. The number of amides is 1. The molecule has 0 radical (unpaired) electrons. The van der Waals surface area contributed by atoms with Crippen LogP contribution in [0.5, 0.6) is 5.75 Å². The second-order valence-electron chi connectivity index (χ2n) is 10.7. The Morgan fingerprint density at radius 1 is 1.07 bits per heavy atom. The first kappa shape index (κ1) is 28.8. The fourth-order valence-corrected chi connectivity index (χ4v) is 6.03. The number of esters is 1. The van der Waals surface area contributed by atoms with Crippen LogP contribution in [-0.2, 0) is 27.9 Å². The predicted octanol–water partition coefficient (Wildman–Crippen LogP) is 6.17. The summed E-state index contributed by atoms with van der Waals surface area (Å²) in [6, 6.07) is 20.0. The van der Waals surface area contributed by atoms with Gasteiger partial charge in [0.05, 0.1) is 24.6 Å². The minimum absolute atomic E-state index is 0.0461. The summed E-state index contributed by atoms with van der Waals surface area (Å²) in [5.41, 5.74) is 5.32. The molecule has 8 nitrogen and oxygen atoms in total. The normalized spacial score (nSPS) is 18.5. The van der Waals surface area contributed by atoms with E-state index >= 15 is 0 Å². The van der Waals surface area contributed by atoms with E-state index in [2.05, 4.69) is 30.3 Å². The van der Waals surface area contributed by atoms with Crippen molar-refractivity contribution in [2.45, 2.75) is 38.6 Å². The monoisotopic (exact) mass is 566 g/mol. The summed E-state index contributed by atoms with van der Waals surface area (Å²) in [4.78, 5) is 38.4. The summed E-state index contributed by atoms with van der Waals surface area (Å²) in [5.74, 6) is -0.0169. The number of ether oxygens (including phenoxy) is 2. The van der Waals surface area contributed by atoms with Crippen LogP contribution >= 0.6 is 0 Å². The van der Waals surface area contributed by atoms with Crippen molar-refractivity contribution in [3.8, 4) is 5.75 Å². The molecule has 42 heavy (non-hydrogen) atoms. The predicted molar refractivity (Wildman–Crippen MR) is 159 cm³/mol. The number of nitrogens with zero attached hydrogens (tertiary/aromatic N) is 2. The summed E-state index contributed by atoms with van der Waals surface area (Å²) in [6.07, 6.45) is 7.52. The van der Waals surface area contributed by atoms with Gasteiger partial charge in [-0.2, -0.15) is 0 Å². The Kier molecular flexibility index (Phi) is 8.24. The summed E-state index contributed by atoms with van der Waals surface area (Å²) in [7, 11) is 1.64. The third-order valence-electron chi connectivity index (χ3n) is 8.33. The number of nitro groups is 1. The van der Waals surface area contributed by atoms with Gasteiger partial charge in [0, 0.05) is 36.2 Å². The number of non-ortho nitro benzene ring substituents is 1. The highest BCUT2D eigenvalue weighted by Crippen LogP contribution is 2.46. The van der Waals surface area contributed by atoms with E-state index in [1.165, 1.54) is 29.8 Å². The first-order valence-corrected chi connectivity index (χ1v) is 14.1. The molecule has 3 aromatic rings. The van der Waals surface area contributed by atoms with E-state index in [0.717, 1.165) is 28.0 Å². The number of rotatable bonds is 8. The number of methoxy groups -OCH3 is 1. The van der Waals surface area contributed by atoms with E-state index in [0.29, 0.717) is 38.1 Å². The van der Waals surface area contributed by atoms with Gasteiger partial charge in [0.2, 0.25) is 0 Å². The first-order chi connectivity index (χ1) is 20.3. The smallest absolute Gasteiger partial charge is 0.312 e. The van der Waals surface area contributed by atoms with Crippen LogP contribution in [-0.4, -0.2) is 42.0 Å². The molecule has 2 aliphatic rings. The van der Waals surface area contributed by atoms with E-state index in [1.54, 1.807) is 12.0 Å². The highest BCUT2D eigenvalue weighted by Gasteiger charge is 2.39. The topological polar surface area (TPSA) is 99.0 Å². The van der Waals surface area contributed by atoms with Gasteiger partial charge in [0.25, 0.3) is 11.6 Å².